The summed E-state index contributed by atoms with van der Waals surface area (Å²) in [5.74, 6) is -1.43. The van der Waals surface area contributed by atoms with Gasteiger partial charge in [-0.05, 0) is 19.1 Å². The molecule has 1 aromatic rings. The monoisotopic (exact) mass is 298 g/mol. The fraction of sp³-hybridized carbons (Fsp3) is 0.200. The van der Waals surface area contributed by atoms with Crippen LogP contribution < -0.4 is 0 Å². The molecular weight excluding hydrogens is 292 g/mol. The van der Waals surface area contributed by atoms with Gasteiger partial charge >= 0.3 is 5.97 Å². The van der Waals surface area contributed by atoms with Gasteiger partial charge in [0, 0.05) is 10.5 Å². The van der Waals surface area contributed by atoms with Gasteiger partial charge in [0.05, 0.1) is 16.6 Å². The van der Waals surface area contributed by atoms with E-state index in [1.54, 1.807) is 6.07 Å². The molecule has 0 spiro atoms. The average Bonchev–Trinajstić information content (AvgIpc) is 2.27. The van der Waals surface area contributed by atoms with Gasteiger partial charge in [0.15, 0.2) is 5.41 Å². The molecule has 1 N–H and O–H groups in total. The molecule has 1 atom stereocenters. The number of hydrogen-bond donors (Lipinski definition) is 1. The Morgan fingerprint density at radius 2 is 2.24 bits per heavy atom. The second-order valence-electron chi connectivity index (χ2n) is 3.46. The van der Waals surface area contributed by atoms with Crippen molar-refractivity contribution in [2.24, 2.45) is 0 Å². The number of carbonyl (C=O) groups is 1. The van der Waals surface area contributed by atoms with Crippen LogP contribution >= 0.6 is 15.9 Å². The molecule has 0 saturated carbocycles. The zero-order chi connectivity index (χ0) is 13.2. The molecule has 0 aliphatic carbocycles. The summed E-state index contributed by atoms with van der Waals surface area (Å²) in [6.45, 7) is 1.13. The molecule has 0 heterocycles. The van der Waals surface area contributed by atoms with Crippen molar-refractivity contribution in [2.75, 3.05) is 0 Å². The summed E-state index contributed by atoms with van der Waals surface area (Å²) in [7, 11) is 0. The van der Waals surface area contributed by atoms with Crippen LogP contribution in [0.5, 0.6) is 0 Å². The quantitative estimate of drug-likeness (QED) is 0.680. The maximum absolute atomic E-state index is 11.1. The third-order valence-corrected chi connectivity index (χ3v) is 2.84. The Balaban J connectivity index is 3.56. The molecule has 0 saturated heterocycles. The second kappa shape index (κ2) is 4.51. The van der Waals surface area contributed by atoms with Crippen LogP contribution in [0.1, 0.15) is 12.5 Å². The normalized spacial score (nSPS) is 13.5. The van der Waals surface area contributed by atoms with Gasteiger partial charge in [-0.1, -0.05) is 15.9 Å². The minimum Gasteiger partial charge on any atom is -0.480 e. The number of nitrogens with zero attached hydrogens (tertiary/aromatic N) is 2. The molecular formula is C10H7BrN2O4. The van der Waals surface area contributed by atoms with Crippen LogP contribution in [0.15, 0.2) is 22.7 Å². The molecule has 1 rings (SSSR count). The number of halogens is 1. The summed E-state index contributed by atoms with van der Waals surface area (Å²) in [5, 5.41) is 28.8. The zero-order valence-electron chi connectivity index (χ0n) is 8.68. The van der Waals surface area contributed by atoms with E-state index >= 15 is 0 Å². The van der Waals surface area contributed by atoms with Gasteiger partial charge in [0.2, 0.25) is 0 Å². The molecule has 0 aliphatic rings. The highest BCUT2D eigenvalue weighted by atomic mass is 79.9. The third kappa shape index (κ3) is 2.26. The standard InChI is InChI=1S/C10H7BrN2O4/c1-10(5-12,9(14)15)7-3-2-6(11)4-8(7)13(16)17/h2-4H,1H3,(H,14,15). The minimum absolute atomic E-state index is 0.138. The molecule has 7 heteroatoms. The van der Waals surface area contributed by atoms with Crippen LogP contribution in [0.4, 0.5) is 5.69 Å². The second-order valence-corrected chi connectivity index (χ2v) is 4.38. The van der Waals surface area contributed by atoms with E-state index in [1.807, 2.05) is 0 Å². The van der Waals surface area contributed by atoms with Crippen LogP contribution in [-0.4, -0.2) is 16.0 Å². The molecule has 1 aromatic carbocycles. The van der Waals surface area contributed by atoms with Crippen LogP contribution in [0.25, 0.3) is 0 Å². The van der Waals surface area contributed by atoms with Gasteiger partial charge in [-0.3, -0.25) is 14.9 Å². The van der Waals surface area contributed by atoms with Crippen molar-refractivity contribution in [3.63, 3.8) is 0 Å². The highest BCUT2D eigenvalue weighted by molar-refractivity contribution is 9.10. The predicted molar refractivity (Wildman–Crippen MR) is 61.4 cm³/mol. The highest BCUT2D eigenvalue weighted by Gasteiger charge is 2.40. The van der Waals surface area contributed by atoms with Crippen LogP contribution in [-0.2, 0) is 10.2 Å². The minimum atomic E-state index is -1.94. The fourth-order valence-corrected chi connectivity index (χ4v) is 1.65. The number of nitro groups is 1. The van der Waals surface area contributed by atoms with Crippen molar-refractivity contribution >= 4 is 27.6 Å². The Kier molecular flexibility index (Phi) is 3.48. The summed E-state index contributed by atoms with van der Waals surface area (Å²) in [4.78, 5) is 21.2. The number of nitriles is 1. The maximum atomic E-state index is 11.1. The molecule has 0 radical (unpaired) electrons. The van der Waals surface area contributed by atoms with E-state index in [2.05, 4.69) is 15.9 Å². The average molecular weight is 299 g/mol. The Bertz CT molecular complexity index is 538. The lowest BCUT2D eigenvalue weighted by atomic mass is 9.83. The van der Waals surface area contributed by atoms with E-state index in [0.29, 0.717) is 4.47 Å². The zero-order valence-corrected chi connectivity index (χ0v) is 10.3. The van der Waals surface area contributed by atoms with E-state index in [1.165, 1.54) is 18.2 Å². The van der Waals surface area contributed by atoms with Crippen molar-refractivity contribution < 1.29 is 14.8 Å². The molecule has 0 aromatic heterocycles. The van der Waals surface area contributed by atoms with Crippen molar-refractivity contribution in [1.82, 2.24) is 0 Å². The van der Waals surface area contributed by atoms with Crippen LogP contribution in [0, 0.1) is 21.4 Å². The molecule has 88 valence electrons. The van der Waals surface area contributed by atoms with E-state index < -0.39 is 22.0 Å². The Labute approximate surface area is 105 Å². The summed E-state index contributed by atoms with van der Waals surface area (Å²) >= 11 is 3.06. The Morgan fingerprint density at radius 1 is 1.65 bits per heavy atom. The van der Waals surface area contributed by atoms with Crippen molar-refractivity contribution in [3.05, 3.63) is 38.3 Å². The lowest BCUT2D eigenvalue weighted by Crippen LogP contribution is -2.31. The Morgan fingerprint density at radius 3 is 2.65 bits per heavy atom. The molecule has 6 nitrogen and oxygen atoms in total. The first-order valence-corrected chi connectivity index (χ1v) is 5.21. The molecule has 17 heavy (non-hydrogen) atoms. The molecule has 0 fully saturated rings. The first-order chi connectivity index (χ1) is 7.82. The van der Waals surface area contributed by atoms with Crippen molar-refractivity contribution in [1.29, 1.82) is 5.26 Å². The van der Waals surface area contributed by atoms with Gasteiger partial charge in [-0.2, -0.15) is 5.26 Å². The van der Waals surface area contributed by atoms with Gasteiger partial charge < -0.3 is 5.11 Å². The van der Waals surface area contributed by atoms with Gasteiger partial charge in [-0.15, -0.1) is 0 Å². The molecule has 0 bridgehead atoms. The lowest BCUT2D eigenvalue weighted by Gasteiger charge is -2.16. The first kappa shape index (κ1) is 13.1. The number of carboxylic acid groups (broad SMARTS) is 1. The molecule has 1 unspecified atom stereocenters. The largest absolute Gasteiger partial charge is 0.480 e. The van der Waals surface area contributed by atoms with E-state index in [-0.39, 0.29) is 5.56 Å². The molecule has 0 aliphatic heterocycles. The highest BCUT2D eigenvalue weighted by Crippen LogP contribution is 2.33. The van der Waals surface area contributed by atoms with Crippen LogP contribution in [0.3, 0.4) is 0 Å². The number of hydrogen-bond acceptors (Lipinski definition) is 4. The third-order valence-electron chi connectivity index (χ3n) is 2.35. The predicted octanol–water partition coefficient (Wildman–Crippen LogP) is 2.22. The number of aliphatic carboxylic acids is 1. The van der Waals surface area contributed by atoms with Gasteiger partial charge in [-0.25, -0.2) is 0 Å². The van der Waals surface area contributed by atoms with Gasteiger partial charge in [0.1, 0.15) is 0 Å². The first-order valence-electron chi connectivity index (χ1n) is 4.42. The van der Waals surface area contributed by atoms with Gasteiger partial charge in [0.25, 0.3) is 5.69 Å². The summed E-state index contributed by atoms with van der Waals surface area (Å²) in [6, 6.07) is 5.49. The SMILES string of the molecule is CC(C#N)(C(=O)O)c1ccc(Br)cc1[N+](=O)[O-]. The van der Waals surface area contributed by atoms with E-state index in [9.17, 15) is 14.9 Å². The maximum Gasteiger partial charge on any atom is 0.328 e. The fourth-order valence-electron chi connectivity index (χ4n) is 1.30. The summed E-state index contributed by atoms with van der Waals surface area (Å²) < 4.78 is 0.443. The number of nitro benzene ring substituents is 1. The smallest absolute Gasteiger partial charge is 0.328 e. The topological polar surface area (TPSA) is 104 Å². The van der Waals surface area contributed by atoms with E-state index in [0.717, 1.165) is 6.92 Å². The number of benzene rings is 1. The molecule has 0 amide bonds. The van der Waals surface area contributed by atoms with Crippen LogP contribution in [0.2, 0.25) is 0 Å². The van der Waals surface area contributed by atoms with E-state index in [4.69, 9.17) is 10.4 Å². The van der Waals surface area contributed by atoms with Crippen molar-refractivity contribution in [3.8, 4) is 6.07 Å². The van der Waals surface area contributed by atoms with Crippen molar-refractivity contribution in [2.45, 2.75) is 12.3 Å². The summed E-state index contributed by atoms with van der Waals surface area (Å²) in [6.07, 6.45) is 0. The Hall–Kier alpha value is -1.94. The number of carboxylic acids is 1. The number of rotatable bonds is 3. The lowest BCUT2D eigenvalue weighted by molar-refractivity contribution is -0.385. The summed E-state index contributed by atoms with van der Waals surface area (Å²) in [5.41, 5.74) is -2.48.